The van der Waals surface area contributed by atoms with Gasteiger partial charge in [-0.15, -0.1) is 0 Å². The third kappa shape index (κ3) is 5.26. The van der Waals surface area contributed by atoms with Gasteiger partial charge in [-0.05, 0) is 58.7 Å². The molecular weight excluding hydrogens is 404 g/mol. The molecule has 1 atom stereocenters. The van der Waals surface area contributed by atoms with Gasteiger partial charge in [-0.1, -0.05) is 6.07 Å². The Bertz CT molecular complexity index is 948. The van der Waals surface area contributed by atoms with Crippen molar-refractivity contribution in [1.82, 2.24) is 19.8 Å². The number of hydrogen-bond donors (Lipinski definition) is 0. The van der Waals surface area contributed by atoms with Crippen LogP contribution >= 0.6 is 0 Å². The second-order valence-electron chi connectivity index (χ2n) is 8.30. The zero-order chi connectivity index (χ0) is 23.3. The number of benzene rings is 1. The smallest absolute Gasteiger partial charge is 0.254 e. The highest BCUT2D eigenvalue weighted by molar-refractivity contribution is 5.94. The summed E-state index contributed by atoms with van der Waals surface area (Å²) in [6.07, 6.45) is 2.17. The lowest BCUT2D eigenvalue weighted by Gasteiger charge is -2.32. The highest BCUT2D eigenvalue weighted by atomic mass is 16.5. The molecule has 1 fully saturated rings. The second-order valence-corrected chi connectivity index (χ2v) is 8.30. The van der Waals surface area contributed by atoms with Crippen molar-refractivity contribution in [3.63, 3.8) is 0 Å². The molecule has 3 rings (SSSR count). The van der Waals surface area contributed by atoms with Crippen LogP contribution in [-0.2, 0) is 11.2 Å². The molecule has 0 saturated carbocycles. The Morgan fingerprint density at radius 1 is 1.16 bits per heavy atom. The van der Waals surface area contributed by atoms with Crippen molar-refractivity contribution in [2.24, 2.45) is 0 Å². The number of carbonyl (C=O) groups is 2. The molecule has 1 saturated heterocycles. The number of ether oxygens (including phenoxy) is 1. The van der Waals surface area contributed by atoms with Crippen molar-refractivity contribution in [1.29, 1.82) is 0 Å². The first-order valence-electron chi connectivity index (χ1n) is 11.4. The highest BCUT2D eigenvalue weighted by Gasteiger charge is 2.28. The van der Waals surface area contributed by atoms with E-state index in [2.05, 4.69) is 0 Å². The number of piperidine rings is 1. The molecule has 0 bridgehead atoms. The fraction of sp³-hybridized carbons (Fsp3) is 0.520. The summed E-state index contributed by atoms with van der Waals surface area (Å²) in [5.41, 5.74) is 3.24. The molecule has 0 aliphatic carbocycles. The lowest BCUT2D eigenvalue weighted by Crippen LogP contribution is -2.39. The number of aromatic nitrogens is 2. The standard InChI is InChI=1S/C25H34N4O3/c1-6-28(7-2)23(30)15-22-17(3)26-24(27-18(22)4)20-11-9-13-29(16-20)25(31)19-10-8-12-21(14-19)32-5/h8,10,12,14,20H,6-7,9,11,13,15-16H2,1-5H3/t20-/m0/s1. The molecule has 2 amide bonds. The fourth-order valence-electron chi connectivity index (χ4n) is 4.35. The van der Waals surface area contributed by atoms with Crippen molar-refractivity contribution in [2.75, 3.05) is 33.3 Å². The van der Waals surface area contributed by atoms with Crippen LogP contribution in [0.15, 0.2) is 24.3 Å². The van der Waals surface area contributed by atoms with Gasteiger partial charge in [0.1, 0.15) is 11.6 Å². The third-order valence-corrected chi connectivity index (χ3v) is 6.27. The number of methoxy groups -OCH3 is 1. The molecule has 1 aliphatic rings. The molecule has 1 aromatic carbocycles. The Kier molecular flexibility index (Phi) is 7.83. The van der Waals surface area contributed by atoms with Gasteiger partial charge in [0.2, 0.25) is 5.91 Å². The predicted octanol–water partition coefficient (Wildman–Crippen LogP) is 3.53. The van der Waals surface area contributed by atoms with Crippen LogP contribution in [0.5, 0.6) is 5.75 Å². The van der Waals surface area contributed by atoms with Gasteiger partial charge in [-0.25, -0.2) is 9.97 Å². The van der Waals surface area contributed by atoms with E-state index in [1.807, 2.05) is 55.7 Å². The van der Waals surface area contributed by atoms with Gasteiger partial charge in [-0.3, -0.25) is 9.59 Å². The molecule has 172 valence electrons. The summed E-state index contributed by atoms with van der Waals surface area (Å²) in [7, 11) is 1.60. The molecule has 0 spiro atoms. The molecule has 0 unspecified atom stereocenters. The minimum Gasteiger partial charge on any atom is -0.497 e. The van der Waals surface area contributed by atoms with E-state index < -0.39 is 0 Å². The Morgan fingerprint density at radius 3 is 2.47 bits per heavy atom. The van der Waals surface area contributed by atoms with Crippen molar-refractivity contribution in [3.8, 4) is 5.75 Å². The largest absolute Gasteiger partial charge is 0.497 e. The van der Waals surface area contributed by atoms with Crippen LogP contribution in [0.25, 0.3) is 0 Å². The lowest BCUT2D eigenvalue weighted by molar-refractivity contribution is -0.130. The SMILES string of the molecule is CCN(CC)C(=O)Cc1c(C)nc([C@H]2CCCN(C(=O)c3cccc(OC)c3)C2)nc1C. The van der Waals surface area contributed by atoms with Crippen LogP contribution in [0.2, 0.25) is 0 Å². The van der Waals surface area contributed by atoms with E-state index in [9.17, 15) is 9.59 Å². The number of hydrogen-bond acceptors (Lipinski definition) is 5. The predicted molar refractivity (Wildman–Crippen MR) is 124 cm³/mol. The molecule has 32 heavy (non-hydrogen) atoms. The second kappa shape index (κ2) is 10.6. The minimum atomic E-state index is 0.00323. The summed E-state index contributed by atoms with van der Waals surface area (Å²) in [5.74, 6) is 1.63. The fourth-order valence-corrected chi connectivity index (χ4v) is 4.35. The number of aryl methyl sites for hydroxylation is 2. The number of carbonyl (C=O) groups excluding carboxylic acids is 2. The van der Waals surface area contributed by atoms with Crippen LogP contribution in [0.3, 0.4) is 0 Å². The van der Waals surface area contributed by atoms with Crippen molar-refractivity contribution in [3.05, 3.63) is 52.6 Å². The Balaban J connectivity index is 1.76. The van der Waals surface area contributed by atoms with E-state index in [-0.39, 0.29) is 17.7 Å². The van der Waals surface area contributed by atoms with Crippen molar-refractivity contribution >= 4 is 11.8 Å². The van der Waals surface area contributed by atoms with Gasteiger partial charge in [0, 0.05) is 54.6 Å². The van der Waals surface area contributed by atoms with Gasteiger partial charge >= 0.3 is 0 Å². The Morgan fingerprint density at radius 2 is 1.84 bits per heavy atom. The van der Waals surface area contributed by atoms with Crippen molar-refractivity contribution < 1.29 is 14.3 Å². The number of rotatable bonds is 7. The molecule has 2 aromatic rings. The quantitative estimate of drug-likeness (QED) is 0.661. The number of likely N-dealkylation sites (N-methyl/N-ethyl adjacent to an activating group) is 1. The summed E-state index contributed by atoms with van der Waals surface area (Å²) in [5, 5.41) is 0. The van der Waals surface area contributed by atoms with E-state index in [1.165, 1.54) is 0 Å². The van der Waals surface area contributed by atoms with Crippen LogP contribution in [0.1, 0.15) is 65.7 Å². The zero-order valence-corrected chi connectivity index (χ0v) is 19.9. The molecular formula is C25H34N4O3. The maximum absolute atomic E-state index is 13.1. The van der Waals surface area contributed by atoms with E-state index >= 15 is 0 Å². The van der Waals surface area contributed by atoms with Gasteiger partial charge in [0.15, 0.2) is 0 Å². The first-order valence-corrected chi connectivity index (χ1v) is 11.4. The number of amides is 2. The van der Waals surface area contributed by atoms with E-state index in [1.54, 1.807) is 13.2 Å². The molecule has 1 aliphatic heterocycles. The first-order chi connectivity index (χ1) is 15.4. The van der Waals surface area contributed by atoms with E-state index in [0.717, 1.165) is 42.2 Å². The third-order valence-electron chi connectivity index (χ3n) is 6.27. The average molecular weight is 439 g/mol. The molecule has 0 radical (unpaired) electrons. The number of nitrogens with zero attached hydrogens (tertiary/aromatic N) is 4. The molecule has 7 nitrogen and oxygen atoms in total. The van der Waals surface area contributed by atoms with E-state index in [4.69, 9.17) is 14.7 Å². The topological polar surface area (TPSA) is 75.6 Å². The van der Waals surface area contributed by atoms with Crippen LogP contribution in [-0.4, -0.2) is 64.9 Å². The lowest BCUT2D eigenvalue weighted by atomic mass is 9.95. The summed E-state index contributed by atoms with van der Waals surface area (Å²) < 4.78 is 5.26. The van der Waals surface area contributed by atoms with Crippen LogP contribution in [0.4, 0.5) is 0 Å². The molecule has 2 heterocycles. The Hall–Kier alpha value is -2.96. The van der Waals surface area contributed by atoms with Crippen LogP contribution < -0.4 is 4.74 Å². The zero-order valence-electron chi connectivity index (χ0n) is 19.9. The van der Waals surface area contributed by atoms with Gasteiger partial charge < -0.3 is 14.5 Å². The summed E-state index contributed by atoms with van der Waals surface area (Å²) >= 11 is 0. The average Bonchev–Trinajstić information content (AvgIpc) is 2.81. The maximum Gasteiger partial charge on any atom is 0.254 e. The molecule has 7 heteroatoms. The first kappa shape index (κ1) is 23.7. The summed E-state index contributed by atoms with van der Waals surface area (Å²) in [6.45, 7) is 10.6. The normalized spacial score (nSPS) is 16.0. The monoisotopic (exact) mass is 438 g/mol. The van der Waals surface area contributed by atoms with E-state index in [0.29, 0.717) is 37.4 Å². The highest BCUT2D eigenvalue weighted by Crippen LogP contribution is 2.27. The van der Waals surface area contributed by atoms with Gasteiger partial charge in [-0.2, -0.15) is 0 Å². The van der Waals surface area contributed by atoms with Gasteiger partial charge in [0.25, 0.3) is 5.91 Å². The Labute approximate surface area is 190 Å². The van der Waals surface area contributed by atoms with Gasteiger partial charge in [0.05, 0.1) is 13.5 Å². The number of likely N-dealkylation sites (tertiary alicyclic amines) is 1. The molecule has 0 N–H and O–H groups in total. The maximum atomic E-state index is 13.1. The summed E-state index contributed by atoms with van der Waals surface area (Å²) in [4.78, 5) is 38.9. The van der Waals surface area contributed by atoms with Crippen LogP contribution in [0, 0.1) is 13.8 Å². The van der Waals surface area contributed by atoms with Crippen molar-refractivity contribution in [2.45, 2.75) is 52.9 Å². The minimum absolute atomic E-state index is 0.00323. The summed E-state index contributed by atoms with van der Waals surface area (Å²) in [6, 6.07) is 7.27. The molecule has 1 aromatic heterocycles.